The molecule has 1 N–H and O–H groups in total. The van der Waals surface area contributed by atoms with Gasteiger partial charge in [-0.2, -0.15) is 0 Å². The van der Waals surface area contributed by atoms with Gasteiger partial charge in [0.05, 0.1) is 28.8 Å². The highest BCUT2D eigenvalue weighted by Crippen LogP contribution is 2.49. The second-order valence-corrected chi connectivity index (χ2v) is 18.8. The van der Waals surface area contributed by atoms with Crippen LogP contribution in [0.1, 0.15) is 42.1 Å². The number of aliphatic imine (C=N–C) groups is 1. The summed E-state index contributed by atoms with van der Waals surface area (Å²) in [6.45, 7) is 2.34. The van der Waals surface area contributed by atoms with Gasteiger partial charge in [-0.25, -0.2) is 0 Å². The van der Waals surface area contributed by atoms with Gasteiger partial charge in [0.15, 0.2) is 5.58 Å². The molecule has 0 fully saturated rings. The molecule has 3 atom stereocenters. The van der Waals surface area contributed by atoms with Crippen molar-refractivity contribution in [3.8, 4) is 5.69 Å². The molecule has 5 heteroatoms. The monoisotopic (exact) mass is 851 g/mol. The van der Waals surface area contributed by atoms with Gasteiger partial charge in [-0.3, -0.25) is 4.99 Å². The minimum atomic E-state index is -0.184. The van der Waals surface area contributed by atoms with Crippen LogP contribution < -0.4 is 5.32 Å². The van der Waals surface area contributed by atoms with Gasteiger partial charge in [-0.15, -0.1) is 11.3 Å². The maximum atomic E-state index is 7.01. The molecule has 4 heterocycles. The number of amidine groups is 1. The van der Waals surface area contributed by atoms with Crippen molar-refractivity contribution in [2.45, 2.75) is 25.4 Å². The van der Waals surface area contributed by atoms with Crippen LogP contribution in [0.2, 0.25) is 0 Å². The van der Waals surface area contributed by atoms with Gasteiger partial charge in [0.2, 0.25) is 0 Å². The number of hydrogen-bond donors (Lipinski definition) is 1. The highest BCUT2D eigenvalue weighted by molar-refractivity contribution is 7.26. The summed E-state index contributed by atoms with van der Waals surface area (Å²) in [5, 5.41) is 18.7. The summed E-state index contributed by atoms with van der Waals surface area (Å²) in [7, 11) is 0. The Morgan fingerprint density at radius 3 is 2.08 bits per heavy atom. The maximum absolute atomic E-state index is 7.01. The first kappa shape index (κ1) is 36.7. The molecular formula is C60H41N3OS. The Balaban J connectivity index is 1.08. The van der Waals surface area contributed by atoms with Gasteiger partial charge in [0.25, 0.3) is 0 Å². The van der Waals surface area contributed by atoms with Crippen molar-refractivity contribution in [3.05, 3.63) is 211 Å². The SMILES string of the molecule is CC[C@H]1C(c2cc(-n3c4cc5ccccc5cc4c4c5ccccc5ccc43)c3oc4ccccc4c3c2)N=C(c2cccc3ccccc23)NC1c1cccc2c1sc1ccccc12. The smallest absolute Gasteiger partial charge is 0.159 e. The van der Waals surface area contributed by atoms with E-state index < -0.39 is 0 Å². The summed E-state index contributed by atoms with van der Waals surface area (Å²) in [5.74, 6) is 1.05. The van der Waals surface area contributed by atoms with Crippen molar-refractivity contribution in [3.63, 3.8) is 0 Å². The number of furan rings is 1. The number of benzene rings is 10. The first-order valence-corrected chi connectivity index (χ1v) is 23.5. The van der Waals surface area contributed by atoms with Crippen LogP contribution in [-0.2, 0) is 0 Å². The minimum Gasteiger partial charge on any atom is -0.454 e. The van der Waals surface area contributed by atoms with Crippen molar-refractivity contribution in [2.75, 3.05) is 0 Å². The summed E-state index contributed by atoms with van der Waals surface area (Å²) < 4.78 is 12.1. The molecule has 308 valence electrons. The summed E-state index contributed by atoms with van der Waals surface area (Å²) >= 11 is 1.90. The van der Waals surface area contributed by atoms with E-state index in [4.69, 9.17) is 9.41 Å². The van der Waals surface area contributed by atoms with E-state index >= 15 is 0 Å². The van der Waals surface area contributed by atoms with Crippen molar-refractivity contribution in [1.29, 1.82) is 0 Å². The second kappa shape index (κ2) is 14.1. The van der Waals surface area contributed by atoms with E-state index in [0.29, 0.717) is 0 Å². The highest BCUT2D eigenvalue weighted by atomic mass is 32.1. The molecule has 3 aromatic heterocycles. The highest BCUT2D eigenvalue weighted by Gasteiger charge is 2.38. The van der Waals surface area contributed by atoms with Crippen molar-refractivity contribution >= 4 is 113 Å². The van der Waals surface area contributed by atoms with Gasteiger partial charge in [0, 0.05) is 53.2 Å². The third kappa shape index (κ3) is 5.46. The fourth-order valence-electron chi connectivity index (χ4n) is 11.3. The van der Waals surface area contributed by atoms with E-state index in [9.17, 15) is 0 Å². The third-order valence-electron chi connectivity index (χ3n) is 14.3. The van der Waals surface area contributed by atoms with Crippen LogP contribution in [-0.4, -0.2) is 10.4 Å². The first-order chi connectivity index (χ1) is 32.2. The normalized spacial score (nSPS) is 16.8. The Labute approximate surface area is 378 Å². The zero-order chi connectivity index (χ0) is 42.8. The molecular weight excluding hydrogens is 811 g/mol. The average molecular weight is 852 g/mol. The van der Waals surface area contributed by atoms with Gasteiger partial charge in [-0.1, -0.05) is 159 Å². The molecule has 4 nitrogen and oxygen atoms in total. The number of fused-ring (bicyclic) bond motifs is 13. The predicted molar refractivity (Wildman–Crippen MR) is 275 cm³/mol. The fourth-order valence-corrected chi connectivity index (χ4v) is 12.5. The number of nitrogens with one attached hydrogen (secondary N) is 1. The van der Waals surface area contributed by atoms with E-state index in [1.54, 1.807) is 0 Å². The van der Waals surface area contributed by atoms with Crippen LogP contribution in [0, 0.1) is 5.92 Å². The zero-order valence-corrected chi connectivity index (χ0v) is 36.4. The summed E-state index contributed by atoms with van der Waals surface area (Å²) in [6, 6.07) is 71.0. The van der Waals surface area contributed by atoms with Gasteiger partial charge in [-0.05, 0) is 92.3 Å². The van der Waals surface area contributed by atoms with E-state index in [1.165, 1.54) is 74.4 Å². The lowest BCUT2D eigenvalue weighted by molar-refractivity contribution is 0.312. The Morgan fingerprint density at radius 1 is 0.554 bits per heavy atom. The van der Waals surface area contributed by atoms with E-state index in [2.05, 4.69) is 211 Å². The number of para-hydroxylation sites is 1. The van der Waals surface area contributed by atoms with Gasteiger partial charge < -0.3 is 14.3 Å². The van der Waals surface area contributed by atoms with E-state index in [0.717, 1.165) is 56.5 Å². The van der Waals surface area contributed by atoms with Crippen LogP contribution in [0.25, 0.3) is 102 Å². The maximum Gasteiger partial charge on any atom is 0.159 e. The van der Waals surface area contributed by atoms with Crippen LogP contribution in [0.4, 0.5) is 0 Å². The molecule has 0 saturated heterocycles. The molecule has 0 aliphatic carbocycles. The third-order valence-corrected chi connectivity index (χ3v) is 15.5. The molecule has 0 spiro atoms. The Morgan fingerprint density at radius 2 is 1.23 bits per heavy atom. The lowest BCUT2D eigenvalue weighted by Gasteiger charge is -2.38. The average Bonchev–Trinajstić information content (AvgIpc) is 4.04. The molecule has 0 saturated carbocycles. The molecule has 65 heavy (non-hydrogen) atoms. The molecule has 10 aromatic carbocycles. The second-order valence-electron chi connectivity index (χ2n) is 17.7. The van der Waals surface area contributed by atoms with E-state index in [-0.39, 0.29) is 18.0 Å². The number of rotatable bonds is 5. The van der Waals surface area contributed by atoms with Crippen LogP contribution in [0.15, 0.2) is 204 Å². The Bertz CT molecular complexity index is 4130. The number of thiophene rings is 1. The number of aromatic nitrogens is 1. The van der Waals surface area contributed by atoms with Gasteiger partial charge >= 0.3 is 0 Å². The van der Waals surface area contributed by atoms with Crippen molar-refractivity contribution in [2.24, 2.45) is 10.9 Å². The largest absolute Gasteiger partial charge is 0.454 e. The minimum absolute atomic E-state index is 0.0144. The summed E-state index contributed by atoms with van der Waals surface area (Å²) in [4.78, 5) is 5.89. The molecule has 0 bridgehead atoms. The molecule has 2 unspecified atom stereocenters. The van der Waals surface area contributed by atoms with Crippen LogP contribution >= 0.6 is 11.3 Å². The predicted octanol–water partition coefficient (Wildman–Crippen LogP) is 16.4. The van der Waals surface area contributed by atoms with E-state index in [1.807, 2.05) is 11.3 Å². The lowest BCUT2D eigenvalue weighted by atomic mass is 9.79. The van der Waals surface area contributed by atoms with Crippen LogP contribution in [0.5, 0.6) is 0 Å². The number of hydrogen-bond acceptors (Lipinski definition) is 4. The summed E-state index contributed by atoms with van der Waals surface area (Å²) in [6.07, 6.45) is 0.919. The van der Waals surface area contributed by atoms with Crippen molar-refractivity contribution in [1.82, 2.24) is 9.88 Å². The fraction of sp³-hybridized carbons (Fsp3) is 0.0833. The van der Waals surface area contributed by atoms with Crippen LogP contribution in [0.3, 0.4) is 0 Å². The molecule has 13 aromatic rings. The summed E-state index contributed by atoms with van der Waals surface area (Å²) in [5.41, 5.74) is 8.70. The molecule has 0 amide bonds. The molecule has 1 aliphatic heterocycles. The molecule has 14 rings (SSSR count). The number of nitrogens with zero attached hydrogens (tertiary/aromatic N) is 2. The topological polar surface area (TPSA) is 42.5 Å². The Kier molecular flexibility index (Phi) is 7.99. The molecule has 1 aliphatic rings. The molecule has 0 radical (unpaired) electrons. The first-order valence-electron chi connectivity index (χ1n) is 22.7. The van der Waals surface area contributed by atoms with Gasteiger partial charge in [0.1, 0.15) is 11.4 Å². The Hall–Kier alpha value is -7.73. The standard InChI is InChI=1S/C60H41N3OS/c1-2-40-56(61-60(46-25-13-19-35-15-5-7-20-41(35)46)62-57(40)47-26-14-24-45-44-23-10-12-28-54(44)65-59(45)47)39-32-48-43-22-9-11-27-53(43)64-58(48)52(34-39)63-50-30-29-36-16-6-8-21-42(36)55(50)49-31-37-17-3-4-18-38(37)33-51(49)63/h3-34,40,56-57H,2H2,1H3,(H,61,62)/t40-,56?,57?/m0/s1. The zero-order valence-electron chi connectivity index (χ0n) is 35.6. The lowest BCUT2D eigenvalue weighted by Crippen LogP contribution is -2.41. The van der Waals surface area contributed by atoms with Crippen molar-refractivity contribution < 1.29 is 4.42 Å². The quantitative estimate of drug-likeness (QED) is 0.187.